The zero-order valence-electron chi connectivity index (χ0n) is 8.36. The Morgan fingerprint density at radius 2 is 2.13 bits per heavy atom. The van der Waals surface area contributed by atoms with Gasteiger partial charge in [-0.15, -0.1) is 0 Å². The van der Waals surface area contributed by atoms with E-state index in [1.54, 1.807) is 0 Å². The van der Waals surface area contributed by atoms with Gasteiger partial charge in [-0.05, 0) is 36.0 Å². The Labute approximate surface area is 88.1 Å². The Morgan fingerprint density at radius 3 is 2.93 bits per heavy atom. The van der Waals surface area contributed by atoms with Gasteiger partial charge in [0.05, 0.1) is 6.42 Å². The first-order valence-corrected chi connectivity index (χ1v) is 5.03. The van der Waals surface area contributed by atoms with Gasteiger partial charge < -0.3 is 4.74 Å². The first-order chi connectivity index (χ1) is 7.29. The number of aryl methyl sites for hydroxylation is 2. The predicted octanol–water partition coefficient (Wildman–Crippen LogP) is 1.42. The van der Waals surface area contributed by atoms with Crippen molar-refractivity contribution in [3.8, 4) is 0 Å². The molecule has 78 valence electrons. The highest BCUT2D eigenvalue weighted by molar-refractivity contribution is 5.78. The predicted molar refractivity (Wildman–Crippen MR) is 54.3 cm³/mol. The van der Waals surface area contributed by atoms with E-state index in [1.165, 1.54) is 17.5 Å². The van der Waals surface area contributed by atoms with Crippen LogP contribution < -0.4 is 0 Å². The molecule has 0 unspecified atom stereocenters. The van der Waals surface area contributed by atoms with Crippen molar-refractivity contribution in [1.82, 2.24) is 0 Å². The van der Waals surface area contributed by atoms with E-state index in [9.17, 15) is 9.59 Å². The molecule has 0 saturated carbocycles. The molecule has 1 aromatic carbocycles. The monoisotopic (exact) mass is 204 g/mol. The van der Waals surface area contributed by atoms with E-state index in [2.05, 4.69) is 10.8 Å². The number of hydrogen-bond acceptors (Lipinski definition) is 3. The third-order valence-corrected chi connectivity index (χ3v) is 2.69. The second kappa shape index (κ2) is 4.26. The quantitative estimate of drug-likeness (QED) is 0.425. The summed E-state index contributed by atoms with van der Waals surface area (Å²) in [6.07, 6.45) is 3.59. The summed E-state index contributed by atoms with van der Waals surface area (Å²) in [6.45, 7) is 0.176. The number of fused-ring (bicyclic) bond motifs is 1. The third-order valence-electron chi connectivity index (χ3n) is 2.69. The fourth-order valence-electron chi connectivity index (χ4n) is 2.00. The zero-order chi connectivity index (χ0) is 10.7. The lowest BCUT2D eigenvalue weighted by molar-refractivity contribution is -0.150. The first-order valence-electron chi connectivity index (χ1n) is 5.03. The number of esters is 1. The molecule has 1 aromatic rings. The maximum atomic E-state index is 11.1. The van der Waals surface area contributed by atoms with Gasteiger partial charge in [0.1, 0.15) is 0 Å². The number of ether oxygens (including phenoxy) is 1. The van der Waals surface area contributed by atoms with Crippen LogP contribution in [0.3, 0.4) is 0 Å². The van der Waals surface area contributed by atoms with Crippen LogP contribution in [0.2, 0.25) is 0 Å². The van der Waals surface area contributed by atoms with Crippen LogP contribution in [0.1, 0.15) is 23.1 Å². The van der Waals surface area contributed by atoms with Crippen molar-refractivity contribution < 1.29 is 14.3 Å². The molecule has 0 fully saturated rings. The molecule has 0 saturated heterocycles. The fourth-order valence-corrected chi connectivity index (χ4v) is 2.00. The van der Waals surface area contributed by atoms with Gasteiger partial charge in [0, 0.05) is 0 Å². The summed E-state index contributed by atoms with van der Waals surface area (Å²) >= 11 is 0. The summed E-state index contributed by atoms with van der Waals surface area (Å²) < 4.78 is 4.25. The van der Waals surface area contributed by atoms with Crippen molar-refractivity contribution in [3.05, 3.63) is 34.9 Å². The van der Waals surface area contributed by atoms with Crippen LogP contribution in [0, 0.1) is 0 Å². The average Bonchev–Trinajstić information content (AvgIpc) is 2.65. The van der Waals surface area contributed by atoms with Crippen molar-refractivity contribution in [2.45, 2.75) is 25.7 Å². The first kappa shape index (κ1) is 9.90. The maximum Gasteiger partial charge on any atom is 0.317 e. The van der Waals surface area contributed by atoms with Gasteiger partial charge in [-0.1, -0.05) is 18.2 Å². The SMILES string of the molecule is O=COC(=O)Cc1ccc2c(c1)CCC2. The van der Waals surface area contributed by atoms with Gasteiger partial charge >= 0.3 is 12.4 Å². The van der Waals surface area contributed by atoms with Crippen LogP contribution >= 0.6 is 0 Å². The highest BCUT2D eigenvalue weighted by Gasteiger charge is 2.12. The molecule has 1 aliphatic carbocycles. The minimum absolute atomic E-state index is 0.173. The van der Waals surface area contributed by atoms with Gasteiger partial charge in [0.2, 0.25) is 0 Å². The van der Waals surface area contributed by atoms with Gasteiger partial charge in [0.25, 0.3) is 0 Å². The Morgan fingerprint density at radius 1 is 1.33 bits per heavy atom. The Hall–Kier alpha value is -1.64. The highest BCUT2D eigenvalue weighted by Crippen LogP contribution is 2.22. The Balaban J connectivity index is 2.10. The fraction of sp³-hybridized carbons (Fsp3) is 0.333. The van der Waals surface area contributed by atoms with Gasteiger partial charge in [-0.3, -0.25) is 9.59 Å². The van der Waals surface area contributed by atoms with E-state index in [0.717, 1.165) is 18.4 Å². The minimum atomic E-state index is -0.497. The standard InChI is InChI=1S/C12H12O3/c13-8-15-12(14)7-9-4-5-10-2-1-3-11(10)6-9/h4-6,8H,1-3,7H2. The number of carbonyl (C=O) groups excluding carboxylic acids is 2. The van der Waals surface area contributed by atoms with E-state index in [-0.39, 0.29) is 12.9 Å². The molecule has 0 bridgehead atoms. The summed E-state index contributed by atoms with van der Waals surface area (Å²) in [6, 6.07) is 6.02. The molecule has 0 atom stereocenters. The van der Waals surface area contributed by atoms with Crippen molar-refractivity contribution >= 4 is 12.4 Å². The molecule has 3 nitrogen and oxygen atoms in total. The van der Waals surface area contributed by atoms with Gasteiger partial charge in [-0.25, -0.2) is 0 Å². The zero-order valence-corrected chi connectivity index (χ0v) is 8.36. The van der Waals surface area contributed by atoms with E-state index < -0.39 is 5.97 Å². The highest BCUT2D eigenvalue weighted by atomic mass is 16.6. The summed E-state index contributed by atoms with van der Waals surface area (Å²) in [5.41, 5.74) is 3.62. The summed E-state index contributed by atoms with van der Waals surface area (Å²) in [5, 5.41) is 0. The van der Waals surface area contributed by atoms with E-state index >= 15 is 0 Å². The lowest BCUT2D eigenvalue weighted by Crippen LogP contribution is -2.06. The second-order valence-corrected chi connectivity index (χ2v) is 3.72. The molecular weight excluding hydrogens is 192 g/mol. The Bertz CT molecular complexity index is 396. The van der Waals surface area contributed by atoms with Crippen molar-refractivity contribution in [2.24, 2.45) is 0 Å². The van der Waals surface area contributed by atoms with E-state index in [0.29, 0.717) is 0 Å². The van der Waals surface area contributed by atoms with E-state index in [4.69, 9.17) is 0 Å². The number of benzene rings is 1. The topological polar surface area (TPSA) is 43.4 Å². The Kier molecular flexibility index (Phi) is 2.81. The molecule has 0 aliphatic heterocycles. The van der Waals surface area contributed by atoms with Crippen molar-refractivity contribution in [1.29, 1.82) is 0 Å². The van der Waals surface area contributed by atoms with Crippen LogP contribution in [0.4, 0.5) is 0 Å². The van der Waals surface area contributed by atoms with Gasteiger partial charge in [-0.2, -0.15) is 0 Å². The number of rotatable bonds is 3. The van der Waals surface area contributed by atoms with Gasteiger partial charge in [0.15, 0.2) is 0 Å². The largest absolute Gasteiger partial charge is 0.395 e. The molecule has 0 aromatic heterocycles. The molecule has 3 heteroatoms. The molecule has 0 radical (unpaired) electrons. The van der Waals surface area contributed by atoms with Crippen molar-refractivity contribution in [3.63, 3.8) is 0 Å². The van der Waals surface area contributed by atoms with E-state index in [1.807, 2.05) is 12.1 Å². The van der Waals surface area contributed by atoms with Crippen LogP contribution in [-0.2, 0) is 33.6 Å². The molecule has 0 N–H and O–H groups in total. The molecular formula is C12H12O3. The second-order valence-electron chi connectivity index (χ2n) is 3.72. The smallest absolute Gasteiger partial charge is 0.317 e. The molecule has 1 aliphatic rings. The molecule has 0 amide bonds. The molecule has 2 rings (SSSR count). The molecule has 15 heavy (non-hydrogen) atoms. The van der Waals surface area contributed by atoms with Crippen LogP contribution in [0.25, 0.3) is 0 Å². The van der Waals surface area contributed by atoms with Crippen molar-refractivity contribution in [2.75, 3.05) is 0 Å². The average molecular weight is 204 g/mol. The normalized spacial score (nSPS) is 13.3. The number of hydrogen-bond donors (Lipinski definition) is 0. The lowest BCUT2D eigenvalue weighted by Gasteiger charge is -2.03. The maximum absolute atomic E-state index is 11.1. The van der Waals surface area contributed by atoms with Crippen LogP contribution in [0.5, 0.6) is 0 Å². The lowest BCUT2D eigenvalue weighted by atomic mass is 10.0. The van der Waals surface area contributed by atoms with Crippen LogP contribution in [0.15, 0.2) is 18.2 Å². The summed E-state index contributed by atoms with van der Waals surface area (Å²) in [7, 11) is 0. The minimum Gasteiger partial charge on any atom is -0.395 e. The number of carbonyl (C=O) groups is 2. The summed E-state index contributed by atoms with van der Waals surface area (Å²) in [5.74, 6) is -0.497. The third kappa shape index (κ3) is 2.24. The summed E-state index contributed by atoms with van der Waals surface area (Å²) in [4.78, 5) is 21.0. The molecule has 0 spiro atoms. The van der Waals surface area contributed by atoms with Crippen LogP contribution in [-0.4, -0.2) is 12.4 Å². The molecule has 0 heterocycles.